The molecule has 10 heteroatoms. The molecule has 1 unspecified atom stereocenters. The van der Waals surface area contributed by atoms with Crippen LogP contribution in [0.3, 0.4) is 0 Å². The highest BCUT2D eigenvalue weighted by molar-refractivity contribution is 5.77. The number of hydrogen-bond acceptors (Lipinski definition) is 8. The summed E-state index contributed by atoms with van der Waals surface area (Å²) in [4.78, 5) is 32.8. The quantitative estimate of drug-likeness (QED) is 0.520. The van der Waals surface area contributed by atoms with Crippen molar-refractivity contribution in [2.45, 2.75) is 53.2 Å². The van der Waals surface area contributed by atoms with Crippen LogP contribution in [0.5, 0.6) is 6.01 Å². The number of rotatable bonds is 6. The summed E-state index contributed by atoms with van der Waals surface area (Å²) in [5.74, 6) is 1.55. The second-order valence-corrected chi connectivity index (χ2v) is 9.49. The van der Waals surface area contributed by atoms with Crippen LogP contribution >= 0.6 is 0 Å². The van der Waals surface area contributed by atoms with Gasteiger partial charge in [0.05, 0.1) is 24.7 Å². The molecule has 36 heavy (non-hydrogen) atoms. The third-order valence-electron chi connectivity index (χ3n) is 7.04. The standard InChI is InChI=1S/C26H34N8O2/c1-5-36-26-27-13-22(14-28-26)31-10-9-21-7-6-8-24(23(21)16-31)32-11-12-33(18(2)15-32)25(35)17-34-20(4)29-19(3)30-34/h6-8,13-14,18H,5,9-12,15-17H2,1-4H3. The third-order valence-corrected chi connectivity index (χ3v) is 7.04. The molecule has 190 valence electrons. The molecule has 10 nitrogen and oxygen atoms in total. The molecule has 0 radical (unpaired) electrons. The lowest BCUT2D eigenvalue weighted by atomic mass is 9.96. The van der Waals surface area contributed by atoms with Gasteiger partial charge < -0.3 is 19.4 Å². The van der Waals surface area contributed by atoms with Crippen LogP contribution in [0.4, 0.5) is 11.4 Å². The maximum absolute atomic E-state index is 13.1. The van der Waals surface area contributed by atoms with Crippen molar-refractivity contribution < 1.29 is 9.53 Å². The van der Waals surface area contributed by atoms with E-state index in [1.54, 1.807) is 4.68 Å². The van der Waals surface area contributed by atoms with E-state index in [0.29, 0.717) is 25.0 Å². The third kappa shape index (κ3) is 4.84. The number of anilines is 2. The summed E-state index contributed by atoms with van der Waals surface area (Å²) in [5.41, 5.74) is 4.99. The maximum Gasteiger partial charge on any atom is 0.316 e. The predicted octanol–water partition coefficient (Wildman–Crippen LogP) is 2.38. The fourth-order valence-electron chi connectivity index (χ4n) is 5.23. The van der Waals surface area contributed by atoms with Crippen LogP contribution in [0.2, 0.25) is 0 Å². The molecule has 1 saturated heterocycles. The molecule has 4 heterocycles. The number of hydrogen-bond donors (Lipinski definition) is 0. The minimum absolute atomic E-state index is 0.0897. The minimum atomic E-state index is 0.0897. The second kappa shape index (κ2) is 10.1. The molecular formula is C26H34N8O2. The van der Waals surface area contributed by atoms with Crippen molar-refractivity contribution in [2.24, 2.45) is 0 Å². The molecule has 5 rings (SSSR count). The summed E-state index contributed by atoms with van der Waals surface area (Å²) in [5, 5.41) is 4.35. The molecule has 1 atom stereocenters. The number of piperazine rings is 1. The zero-order valence-corrected chi connectivity index (χ0v) is 21.5. The van der Waals surface area contributed by atoms with E-state index in [1.165, 1.54) is 16.8 Å². The first-order valence-corrected chi connectivity index (χ1v) is 12.7. The number of aryl methyl sites for hydroxylation is 2. The molecule has 2 aromatic heterocycles. The lowest BCUT2D eigenvalue weighted by Crippen LogP contribution is -2.55. The van der Waals surface area contributed by atoms with Gasteiger partial charge in [-0.25, -0.2) is 19.6 Å². The molecule has 0 spiro atoms. The molecule has 2 aliphatic heterocycles. The first kappa shape index (κ1) is 24.0. The van der Waals surface area contributed by atoms with E-state index in [9.17, 15) is 4.79 Å². The number of aromatic nitrogens is 5. The second-order valence-electron chi connectivity index (χ2n) is 9.49. The van der Waals surface area contributed by atoms with Gasteiger partial charge in [0.25, 0.3) is 0 Å². The van der Waals surface area contributed by atoms with Gasteiger partial charge in [-0.3, -0.25) is 4.79 Å². The number of nitrogens with zero attached hydrogens (tertiary/aromatic N) is 8. The van der Waals surface area contributed by atoms with Crippen molar-refractivity contribution in [3.63, 3.8) is 0 Å². The normalized spacial score (nSPS) is 17.8. The van der Waals surface area contributed by atoms with Crippen LogP contribution in [-0.4, -0.2) is 74.4 Å². The van der Waals surface area contributed by atoms with Crippen molar-refractivity contribution in [1.82, 2.24) is 29.6 Å². The highest BCUT2D eigenvalue weighted by atomic mass is 16.5. The number of fused-ring (bicyclic) bond motifs is 1. The molecule has 3 aromatic rings. The molecule has 0 saturated carbocycles. The number of carbonyl (C=O) groups is 1. The van der Waals surface area contributed by atoms with Crippen molar-refractivity contribution in [3.05, 3.63) is 53.4 Å². The molecule has 0 bridgehead atoms. The Hall–Kier alpha value is -3.69. The van der Waals surface area contributed by atoms with Crippen LogP contribution in [0, 0.1) is 13.8 Å². The van der Waals surface area contributed by atoms with E-state index in [1.807, 2.05) is 38.1 Å². The highest BCUT2D eigenvalue weighted by Crippen LogP contribution is 2.32. The number of amides is 1. The predicted molar refractivity (Wildman–Crippen MR) is 137 cm³/mol. The van der Waals surface area contributed by atoms with Gasteiger partial charge in [0.15, 0.2) is 0 Å². The monoisotopic (exact) mass is 490 g/mol. The Labute approximate surface area is 211 Å². The number of carbonyl (C=O) groups excluding carboxylic acids is 1. The van der Waals surface area contributed by atoms with Gasteiger partial charge in [-0.05, 0) is 51.3 Å². The van der Waals surface area contributed by atoms with Gasteiger partial charge in [-0.2, -0.15) is 5.10 Å². The van der Waals surface area contributed by atoms with E-state index in [0.717, 1.165) is 44.1 Å². The SMILES string of the molecule is CCOc1ncc(N2CCc3cccc(N4CCN(C(=O)Cn5nc(C)nc5C)C(C)C4)c3C2)cn1. The Balaban J connectivity index is 1.28. The lowest BCUT2D eigenvalue weighted by molar-refractivity contribution is -0.134. The number of benzene rings is 1. The summed E-state index contributed by atoms with van der Waals surface area (Å²) in [6.07, 6.45) is 4.66. The van der Waals surface area contributed by atoms with Crippen molar-refractivity contribution in [2.75, 3.05) is 42.6 Å². The molecule has 1 aromatic carbocycles. The summed E-state index contributed by atoms with van der Waals surface area (Å²) in [7, 11) is 0. The first-order valence-electron chi connectivity index (χ1n) is 12.7. The van der Waals surface area contributed by atoms with Crippen molar-refractivity contribution in [1.29, 1.82) is 0 Å². The van der Waals surface area contributed by atoms with Crippen molar-refractivity contribution in [3.8, 4) is 6.01 Å². The van der Waals surface area contributed by atoms with Gasteiger partial charge >= 0.3 is 6.01 Å². The van der Waals surface area contributed by atoms with Crippen LogP contribution in [0.25, 0.3) is 0 Å². The molecule has 0 N–H and O–H groups in total. The van der Waals surface area contributed by atoms with Gasteiger partial charge in [0.2, 0.25) is 5.91 Å². The fraction of sp³-hybridized carbons (Fsp3) is 0.500. The maximum atomic E-state index is 13.1. The number of ether oxygens (including phenoxy) is 1. The Kier molecular flexibility index (Phi) is 6.75. The summed E-state index contributed by atoms with van der Waals surface area (Å²) in [6.45, 7) is 12.6. The molecular weight excluding hydrogens is 456 g/mol. The van der Waals surface area contributed by atoms with Crippen LogP contribution in [0.15, 0.2) is 30.6 Å². The fourth-order valence-corrected chi connectivity index (χ4v) is 5.23. The van der Waals surface area contributed by atoms with Crippen LogP contribution < -0.4 is 14.5 Å². The van der Waals surface area contributed by atoms with Gasteiger partial charge in [0, 0.05) is 44.5 Å². The minimum Gasteiger partial charge on any atom is -0.464 e. The Morgan fingerprint density at radius 3 is 2.61 bits per heavy atom. The molecule has 0 aliphatic carbocycles. The summed E-state index contributed by atoms with van der Waals surface area (Å²) >= 11 is 0. The summed E-state index contributed by atoms with van der Waals surface area (Å²) < 4.78 is 7.09. The molecule has 1 fully saturated rings. The zero-order chi connectivity index (χ0) is 25.2. The van der Waals surface area contributed by atoms with Crippen molar-refractivity contribution >= 4 is 17.3 Å². The average Bonchev–Trinajstić information content (AvgIpc) is 3.20. The van der Waals surface area contributed by atoms with Crippen LogP contribution in [0.1, 0.15) is 36.6 Å². The Morgan fingerprint density at radius 1 is 1.11 bits per heavy atom. The van der Waals surface area contributed by atoms with Gasteiger partial charge in [-0.15, -0.1) is 0 Å². The van der Waals surface area contributed by atoms with E-state index in [-0.39, 0.29) is 18.5 Å². The Morgan fingerprint density at radius 2 is 1.92 bits per heavy atom. The topological polar surface area (TPSA) is 92.5 Å². The zero-order valence-electron chi connectivity index (χ0n) is 21.5. The molecule has 2 aliphatic rings. The van der Waals surface area contributed by atoms with E-state index in [4.69, 9.17) is 4.74 Å². The molecule has 1 amide bonds. The van der Waals surface area contributed by atoms with E-state index >= 15 is 0 Å². The van der Waals surface area contributed by atoms with Gasteiger partial charge in [-0.1, -0.05) is 12.1 Å². The highest BCUT2D eigenvalue weighted by Gasteiger charge is 2.30. The first-order chi connectivity index (χ1) is 17.4. The Bertz CT molecular complexity index is 1230. The summed E-state index contributed by atoms with van der Waals surface area (Å²) in [6, 6.07) is 7.11. The van der Waals surface area contributed by atoms with E-state index < -0.39 is 0 Å². The lowest BCUT2D eigenvalue weighted by Gasteiger charge is -2.43. The van der Waals surface area contributed by atoms with Crippen LogP contribution in [-0.2, 0) is 24.3 Å². The largest absolute Gasteiger partial charge is 0.464 e. The van der Waals surface area contributed by atoms with Gasteiger partial charge in [0.1, 0.15) is 18.2 Å². The average molecular weight is 491 g/mol. The van der Waals surface area contributed by atoms with E-state index in [2.05, 4.69) is 55.0 Å². The smallest absolute Gasteiger partial charge is 0.316 e.